The molecule has 0 radical (unpaired) electrons. The van der Waals surface area contributed by atoms with Gasteiger partial charge in [-0.2, -0.15) is 0 Å². The number of fused-ring (bicyclic) bond motifs is 2. The van der Waals surface area contributed by atoms with Gasteiger partial charge in [0.25, 0.3) is 0 Å². The lowest BCUT2D eigenvalue weighted by atomic mass is 9.45. The molecule has 2 bridgehead atoms. The number of aromatic hydroxyl groups is 4. The van der Waals surface area contributed by atoms with E-state index in [2.05, 4.69) is 12.2 Å². The fourth-order valence-corrected chi connectivity index (χ4v) is 8.33. The Kier molecular flexibility index (Phi) is 7.18. The number of benzene rings is 2. The van der Waals surface area contributed by atoms with Gasteiger partial charge < -0.3 is 40.9 Å². The third-order valence-corrected chi connectivity index (χ3v) is 10.3. The number of hydrogen-bond donors (Lipinski definition) is 8. The molecule has 230 valence electrons. The predicted octanol–water partition coefficient (Wildman–Crippen LogP) is 5.74. The molecule has 8 N–H and O–H groups in total. The van der Waals surface area contributed by atoms with Crippen LogP contribution in [0.15, 0.2) is 107 Å². The molecule has 0 heterocycles. The molecule has 0 saturated carbocycles. The van der Waals surface area contributed by atoms with Crippen LogP contribution in [0.25, 0.3) is 0 Å². The molecule has 0 aromatic heterocycles. The highest BCUT2D eigenvalue weighted by Gasteiger charge is 2.58. The predicted molar refractivity (Wildman–Crippen MR) is 165 cm³/mol. The molecule has 7 unspecified atom stereocenters. The zero-order valence-electron chi connectivity index (χ0n) is 24.6. The topological polar surface area (TPSA) is 162 Å². The monoisotopic (exact) mass is 598 g/mol. The number of aliphatic hydroxyl groups is 4. The fourth-order valence-electron chi connectivity index (χ4n) is 8.33. The number of rotatable bonds is 6. The van der Waals surface area contributed by atoms with Crippen LogP contribution in [0.1, 0.15) is 44.2 Å². The minimum atomic E-state index is -1.15. The second kappa shape index (κ2) is 10.6. The van der Waals surface area contributed by atoms with Crippen LogP contribution in [-0.2, 0) is 10.8 Å². The van der Waals surface area contributed by atoms with Crippen LogP contribution in [0.3, 0.4) is 0 Å². The van der Waals surface area contributed by atoms with Crippen molar-refractivity contribution in [3.63, 3.8) is 0 Å². The summed E-state index contributed by atoms with van der Waals surface area (Å²) in [6.07, 6.45) is 11.5. The van der Waals surface area contributed by atoms with Gasteiger partial charge in [-0.15, -0.1) is 0 Å². The lowest BCUT2D eigenvalue weighted by Gasteiger charge is -2.57. The molecule has 5 aliphatic rings. The van der Waals surface area contributed by atoms with Crippen LogP contribution in [0, 0.1) is 17.8 Å². The maximum atomic E-state index is 11.5. The Morgan fingerprint density at radius 2 is 1.36 bits per heavy atom. The van der Waals surface area contributed by atoms with Gasteiger partial charge in [0.05, 0.1) is 23.7 Å². The summed E-state index contributed by atoms with van der Waals surface area (Å²) < 4.78 is 0. The summed E-state index contributed by atoms with van der Waals surface area (Å²) in [7, 11) is 0. The summed E-state index contributed by atoms with van der Waals surface area (Å²) in [5, 5.41) is 86.7. The van der Waals surface area contributed by atoms with Gasteiger partial charge in [-0.25, -0.2) is 0 Å². The molecule has 0 amide bonds. The normalized spacial score (nSPS) is 29.0. The lowest BCUT2D eigenvalue weighted by Crippen LogP contribution is -2.54. The van der Waals surface area contributed by atoms with Crippen molar-refractivity contribution in [3.05, 3.63) is 118 Å². The van der Waals surface area contributed by atoms with Crippen molar-refractivity contribution >= 4 is 0 Å². The van der Waals surface area contributed by atoms with Crippen molar-refractivity contribution in [2.24, 2.45) is 17.8 Å². The molecule has 0 fully saturated rings. The number of hydrogen-bond acceptors (Lipinski definition) is 8. The minimum absolute atomic E-state index is 0.0105. The summed E-state index contributed by atoms with van der Waals surface area (Å²) in [4.78, 5) is 0. The maximum absolute atomic E-state index is 11.5. The van der Waals surface area contributed by atoms with Crippen LogP contribution < -0.4 is 0 Å². The fraction of sp³-hybridized carbons (Fsp3) is 0.333. The van der Waals surface area contributed by atoms with Gasteiger partial charge in [0, 0.05) is 58.4 Å². The van der Waals surface area contributed by atoms with Crippen LogP contribution in [0.5, 0.6) is 23.0 Å². The zero-order valence-corrected chi connectivity index (χ0v) is 24.6. The van der Waals surface area contributed by atoms with E-state index < -0.39 is 34.9 Å². The summed E-state index contributed by atoms with van der Waals surface area (Å²) in [6.45, 7) is 3.87. The second-order valence-electron chi connectivity index (χ2n) is 12.8. The van der Waals surface area contributed by atoms with Gasteiger partial charge in [0.2, 0.25) is 0 Å². The molecule has 0 saturated heterocycles. The largest absolute Gasteiger partial charge is 0.512 e. The lowest BCUT2D eigenvalue weighted by molar-refractivity contribution is 0.0945. The zero-order chi connectivity index (χ0) is 31.6. The smallest absolute Gasteiger partial charge is 0.123 e. The van der Waals surface area contributed by atoms with E-state index in [1.54, 1.807) is 36.4 Å². The van der Waals surface area contributed by atoms with E-state index in [9.17, 15) is 40.9 Å². The van der Waals surface area contributed by atoms with E-state index in [1.807, 2.05) is 19.9 Å². The summed E-state index contributed by atoms with van der Waals surface area (Å²) in [5.74, 6) is -1.58. The molecule has 8 heteroatoms. The molecule has 5 aliphatic carbocycles. The minimum Gasteiger partial charge on any atom is -0.512 e. The van der Waals surface area contributed by atoms with Gasteiger partial charge in [-0.1, -0.05) is 62.4 Å². The quantitative estimate of drug-likeness (QED) is 0.209. The van der Waals surface area contributed by atoms with Crippen molar-refractivity contribution < 1.29 is 40.9 Å². The molecular formula is C36H38O8. The van der Waals surface area contributed by atoms with Crippen molar-refractivity contribution in [1.82, 2.24) is 0 Å². The Morgan fingerprint density at radius 1 is 0.727 bits per heavy atom. The van der Waals surface area contributed by atoms with Gasteiger partial charge >= 0.3 is 0 Å². The molecule has 7 rings (SSSR count). The first kappa shape index (κ1) is 29.7. The van der Waals surface area contributed by atoms with Crippen LogP contribution >= 0.6 is 0 Å². The van der Waals surface area contributed by atoms with Crippen molar-refractivity contribution in [1.29, 1.82) is 0 Å². The first-order valence-corrected chi connectivity index (χ1v) is 14.9. The van der Waals surface area contributed by atoms with Gasteiger partial charge in [0.15, 0.2) is 0 Å². The van der Waals surface area contributed by atoms with Gasteiger partial charge in [-0.05, 0) is 47.6 Å². The average Bonchev–Trinajstić information content (AvgIpc) is 2.96. The van der Waals surface area contributed by atoms with Crippen molar-refractivity contribution in [2.45, 2.75) is 56.1 Å². The standard InChI is InChI=1S/C36H38O8/c1-35(25-11-7-21(37)15-29(25)41,26-12-8-22(38)16-30(26)42)33-19-3-5-20(6-4-19)34(33)36(2,27-13-9-23(39)17-31(27)43)28-14-10-24(40)18-32(28)44/h3-5,7-15,17,20,22,32-34,37-44H,6,16,18H2,1-2H3. The Balaban J connectivity index is 1.68. The molecule has 0 spiro atoms. The molecule has 7 atom stereocenters. The molecule has 44 heavy (non-hydrogen) atoms. The highest BCUT2D eigenvalue weighted by molar-refractivity contribution is 5.59. The third-order valence-electron chi connectivity index (χ3n) is 10.3. The summed E-state index contributed by atoms with van der Waals surface area (Å²) >= 11 is 0. The molecule has 8 nitrogen and oxygen atoms in total. The molecule has 2 aromatic rings. The Labute approximate surface area is 255 Å². The number of aliphatic hydroxyl groups excluding tert-OH is 4. The van der Waals surface area contributed by atoms with Crippen LogP contribution in [0.4, 0.5) is 0 Å². The highest BCUT2D eigenvalue weighted by atomic mass is 16.3. The van der Waals surface area contributed by atoms with E-state index in [4.69, 9.17) is 0 Å². The average molecular weight is 599 g/mol. The maximum Gasteiger partial charge on any atom is 0.123 e. The Hall–Kier alpha value is -4.40. The first-order valence-electron chi connectivity index (χ1n) is 14.9. The molecular weight excluding hydrogens is 560 g/mol. The van der Waals surface area contributed by atoms with E-state index >= 15 is 0 Å². The molecule has 0 aliphatic heterocycles. The van der Waals surface area contributed by atoms with Gasteiger partial charge in [-0.3, -0.25) is 0 Å². The number of phenolic OH excluding ortho intramolecular Hbond substituents is 4. The van der Waals surface area contributed by atoms with E-state index in [0.29, 0.717) is 28.7 Å². The summed E-state index contributed by atoms with van der Waals surface area (Å²) in [6, 6.07) is 8.80. The van der Waals surface area contributed by atoms with Crippen molar-refractivity contribution in [2.75, 3.05) is 0 Å². The Morgan fingerprint density at radius 3 is 1.91 bits per heavy atom. The second-order valence-corrected chi connectivity index (χ2v) is 12.8. The van der Waals surface area contributed by atoms with Crippen LogP contribution in [-0.4, -0.2) is 53.1 Å². The van der Waals surface area contributed by atoms with E-state index in [-0.39, 0.29) is 53.3 Å². The Bertz CT molecular complexity index is 1690. The van der Waals surface area contributed by atoms with Gasteiger partial charge in [0.1, 0.15) is 23.0 Å². The SMILES string of the molecule is CC(C1=C(O)CC(O)C=C1)(c1ccc(O)cc1O)C1C2=CCC(C=C2)C1C(C)(C1=CC=C(O)CC1O)c1ccc(O)cc1O. The van der Waals surface area contributed by atoms with E-state index in [0.717, 1.165) is 5.57 Å². The summed E-state index contributed by atoms with van der Waals surface area (Å²) in [5.41, 5.74) is 0.660. The molecule has 2 aromatic carbocycles. The third kappa shape index (κ3) is 4.52. The van der Waals surface area contributed by atoms with Crippen molar-refractivity contribution in [3.8, 4) is 23.0 Å². The van der Waals surface area contributed by atoms with Crippen LogP contribution in [0.2, 0.25) is 0 Å². The number of allylic oxidation sites excluding steroid dienone is 8. The highest BCUT2D eigenvalue weighted by Crippen LogP contribution is 2.63. The first-order chi connectivity index (χ1) is 20.8. The van der Waals surface area contributed by atoms with E-state index in [1.165, 1.54) is 24.3 Å². The number of phenols is 4.